The molecule has 0 spiro atoms. The number of hydrogen-bond acceptors (Lipinski definition) is 5. The number of benzene rings is 2. The predicted octanol–water partition coefficient (Wildman–Crippen LogP) is 5.13. The Kier molecular flexibility index (Phi) is 7.86. The minimum atomic E-state index is -1.08. The van der Waals surface area contributed by atoms with E-state index in [0.717, 1.165) is 0 Å². The number of rotatable bonds is 8. The monoisotopic (exact) mass is 440 g/mol. The van der Waals surface area contributed by atoms with Gasteiger partial charge in [-0.05, 0) is 49.1 Å². The Morgan fingerprint density at radius 2 is 1.66 bits per heavy atom. The highest BCUT2D eigenvalue weighted by atomic mass is 16.5. The molecule has 0 aliphatic rings. The van der Waals surface area contributed by atoms with E-state index in [2.05, 4.69) is 0 Å². The van der Waals surface area contributed by atoms with Gasteiger partial charge in [0.05, 0.1) is 18.3 Å². The number of ether oxygens (including phenoxy) is 2. The smallest absolute Gasteiger partial charge is 0.343 e. The lowest BCUT2D eigenvalue weighted by Crippen LogP contribution is -2.27. The zero-order valence-corrected chi connectivity index (χ0v) is 19.6. The number of aliphatic carboxylic acids is 1. The van der Waals surface area contributed by atoms with Gasteiger partial charge in [0.25, 0.3) is 0 Å². The summed E-state index contributed by atoms with van der Waals surface area (Å²) < 4.78 is 11.3. The molecule has 0 heterocycles. The van der Waals surface area contributed by atoms with Crippen LogP contribution in [0.25, 0.3) is 6.08 Å². The number of carbonyl (C=O) groups excluding carboxylic acids is 1. The lowest BCUT2D eigenvalue weighted by Gasteiger charge is -2.25. The van der Waals surface area contributed by atoms with Crippen molar-refractivity contribution in [2.45, 2.75) is 53.1 Å². The summed E-state index contributed by atoms with van der Waals surface area (Å²) in [7, 11) is 1.50. The number of carboxylic acid groups (broad SMARTS) is 1. The Morgan fingerprint density at radius 1 is 1.03 bits per heavy atom. The van der Waals surface area contributed by atoms with Crippen molar-refractivity contribution in [3.8, 4) is 11.5 Å². The fourth-order valence-electron chi connectivity index (χ4n) is 3.21. The van der Waals surface area contributed by atoms with Gasteiger partial charge in [0.1, 0.15) is 11.5 Å². The van der Waals surface area contributed by atoms with Crippen molar-refractivity contribution < 1.29 is 29.3 Å². The first-order chi connectivity index (χ1) is 14.9. The highest BCUT2D eigenvalue weighted by molar-refractivity contribution is 5.95. The van der Waals surface area contributed by atoms with Crippen LogP contribution in [0.4, 0.5) is 0 Å². The van der Waals surface area contributed by atoms with Crippen LogP contribution in [0, 0.1) is 5.41 Å². The van der Waals surface area contributed by atoms with Gasteiger partial charge >= 0.3 is 11.9 Å². The van der Waals surface area contributed by atoms with E-state index in [1.165, 1.54) is 13.2 Å². The maximum absolute atomic E-state index is 12.9. The normalized spacial score (nSPS) is 13.9. The lowest BCUT2D eigenvalue weighted by atomic mass is 9.84. The summed E-state index contributed by atoms with van der Waals surface area (Å²) in [4.78, 5) is 24.9. The van der Waals surface area contributed by atoms with Crippen LogP contribution in [0.15, 0.2) is 48.0 Å². The van der Waals surface area contributed by atoms with Crippen LogP contribution in [0.3, 0.4) is 0 Å². The third-order valence-corrected chi connectivity index (χ3v) is 5.33. The van der Waals surface area contributed by atoms with E-state index in [-0.39, 0.29) is 17.7 Å². The van der Waals surface area contributed by atoms with E-state index >= 15 is 0 Å². The second kappa shape index (κ2) is 10.0. The highest BCUT2D eigenvalue weighted by Gasteiger charge is 2.28. The van der Waals surface area contributed by atoms with Crippen LogP contribution >= 0.6 is 0 Å². The topological polar surface area (TPSA) is 93.1 Å². The van der Waals surface area contributed by atoms with Gasteiger partial charge in [0.2, 0.25) is 0 Å². The first kappa shape index (κ1) is 25.1. The molecular weight excluding hydrogens is 408 g/mol. The molecule has 6 nitrogen and oxygen atoms in total. The van der Waals surface area contributed by atoms with Gasteiger partial charge in [-0.3, -0.25) is 0 Å². The zero-order chi connectivity index (χ0) is 24.1. The van der Waals surface area contributed by atoms with Crippen LogP contribution in [0.2, 0.25) is 0 Å². The summed E-state index contributed by atoms with van der Waals surface area (Å²) in [6.07, 6.45) is 2.13. The molecule has 0 amide bonds. The van der Waals surface area contributed by atoms with Gasteiger partial charge in [-0.2, -0.15) is 0 Å². The Balaban J connectivity index is 2.75. The molecule has 6 heteroatoms. The molecule has 0 radical (unpaired) electrons. The Bertz CT molecular complexity index is 997. The second-order valence-electron chi connectivity index (χ2n) is 9.06. The summed E-state index contributed by atoms with van der Waals surface area (Å²) in [5, 5.41) is 20.5. The molecule has 2 rings (SSSR count). The van der Waals surface area contributed by atoms with Crippen molar-refractivity contribution in [1.29, 1.82) is 0 Å². The van der Waals surface area contributed by atoms with Crippen molar-refractivity contribution in [3.63, 3.8) is 0 Å². The molecule has 2 aromatic rings. The van der Waals surface area contributed by atoms with Gasteiger partial charge in [-0.15, -0.1) is 0 Å². The third kappa shape index (κ3) is 6.20. The summed E-state index contributed by atoms with van der Waals surface area (Å²) in [6.45, 7) is 8.95. The minimum absolute atomic E-state index is 0.156. The van der Waals surface area contributed by atoms with Crippen molar-refractivity contribution >= 4 is 18.0 Å². The van der Waals surface area contributed by atoms with Gasteiger partial charge in [-0.25, -0.2) is 9.59 Å². The Labute approximate surface area is 189 Å². The van der Waals surface area contributed by atoms with Gasteiger partial charge in [0, 0.05) is 23.1 Å². The Morgan fingerprint density at radius 3 is 2.16 bits per heavy atom. The number of carbonyl (C=O) groups is 2. The maximum Gasteiger partial charge on any atom is 0.343 e. The molecular formula is C26H32O6. The first-order valence-corrected chi connectivity index (χ1v) is 10.5. The molecule has 0 fully saturated rings. The largest absolute Gasteiger partial charge is 0.496 e. The molecule has 0 aromatic heterocycles. The number of methoxy groups -OCH3 is 1. The lowest BCUT2D eigenvalue weighted by molar-refractivity contribution is -0.133. The van der Waals surface area contributed by atoms with Crippen LogP contribution in [0.1, 0.15) is 62.5 Å². The molecule has 0 aliphatic carbocycles. The van der Waals surface area contributed by atoms with Gasteiger partial charge < -0.3 is 19.7 Å². The highest BCUT2D eigenvalue weighted by Crippen LogP contribution is 2.39. The average molecular weight is 441 g/mol. The summed E-state index contributed by atoms with van der Waals surface area (Å²) in [5.41, 5.74) is -0.300. The van der Waals surface area contributed by atoms with Gasteiger partial charge in [0.15, 0.2) is 0 Å². The fourth-order valence-corrected chi connectivity index (χ4v) is 3.21. The van der Waals surface area contributed by atoms with Crippen molar-refractivity contribution in [2.75, 3.05) is 7.11 Å². The molecule has 0 saturated heterocycles. The van der Waals surface area contributed by atoms with Crippen LogP contribution in [0.5, 0.6) is 11.5 Å². The zero-order valence-electron chi connectivity index (χ0n) is 19.6. The van der Waals surface area contributed by atoms with Gasteiger partial charge in [-0.1, -0.05) is 45.9 Å². The summed E-state index contributed by atoms with van der Waals surface area (Å²) >= 11 is 0. The molecule has 0 bridgehead atoms. The number of carboxylic acids is 1. The quantitative estimate of drug-likeness (QED) is 0.336. The molecule has 32 heavy (non-hydrogen) atoms. The molecule has 172 valence electrons. The van der Waals surface area contributed by atoms with E-state index in [0.29, 0.717) is 28.9 Å². The predicted molar refractivity (Wildman–Crippen MR) is 124 cm³/mol. The standard InChI is InChI=1S/C26H32O6/c1-7-26(5,30)16-19-21(31-6)14-13-18(15-20(23(27)28)25(2,3)4)22(19)32-24(29)17-11-9-8-10-12-17/h8-15,30H,7,16H2,1-6H3,(H,27,28)/b20-15+. The van der Waals surface area contributed by atoms with Crippen LogP contribution in [-0.2, 0) is 11.2 Å². The molecule has 1 unspecified atom stereocenters. The van der Waals surface area contributed by atoms with Crippen molar-refractivity contribution in [2.24, 2.45) is 5.41 Å². The Hall–Kier alpha value is -3.12. The molecule has 0 saturated carbocycles. The summed E-state index contributed by atoms with van der Waals surface area (Å²) in [6, 6.07) is 11.9. The maximum atomic E-state index is 12.9. The number of hydrogen-bond donors (Lipinski definition) is 2. The third-order valence-electron chi connectivity index (χ3n) is 5.33. The number of esters is 1. The van der Waals surface area contributed by atoms with E-state index in [4.69, 9.17) is 9.47 Å². The molecule has 2 aromatic carbocycles. The van der Waals surface area contributed by atoms with Crippen LogP contribution < -0.4 is 9.47 Å². The molecule has 0 aliphatic heterocycles. The number of aliphatic hydroxyl groups is 1. The first-order valence-electron chi connectivity index (χ1n) is 10.5. The van der Waals surface area contributed by atoms with Crippen LogP contribution in [-0.4, -0.2) is 34.9 Å². The fraction of sp³-hybridized carbons (Fsp3) is 0.385. The molecule has 1 atom stereocenters. The van der Waals surface area contributed by atoms with Crippen molar-refractivity contribution in [3.05, 3.63) is 64.7 Å². The van der Waals surface area contributed by atoms with E-state index in [1.54, 1.807) is 70.2 Å². The summed E-state index contributed by atoms with van der Waals surface area (Å²) in [5.74, 6) is -1.02. The average Bonchev–Trinajstić information content (AvgIpc) is 2.73. The van der Waals surface area contributed by atoms with Crippen molar-refractivity contribution in [1.82, 2.24) is 0 Å². The van der Waals surface area contributed by atoms with E-state index < -0.39 is 23.0 Å². The van der Waals surface area contributed by atoms with E-state index in [9.17, 15) is 19.8 Å². The molecule has 2 N–H and O–H groups in total. The SMILES string of the molecule is CCC(C)(O)Cc1c(OC)ccc(/C=C(\C(=O)O)C(C)(C)C)c1OC(=O)c1ccccc1. The van der Waals surface area contributed by atoms with E-state index in [1.807, 2.05) is 6.92 Å². The second-order valence-corrected chi connectivity index (χ2v) is 9.06. The minimum Gasteiger partial charge on any atom is -0.496 e.